The molecule has 0 aliphatic carbocycles. The maximum absolute atomic E-state index is 6.52. The van der Waals surface area contributed by atoms with Crippen molar-refractivity contribution in [2.75, 3.05) is 25.7 Å². The Labute approximate surface area is 148 Å². The number of rotatable bonds is 3. The predicted octanol–water partition coefficient (Wildman–Crippen LogP) is 5.25. The molecule has 1 aliphatic rings. The van der Waals surface area contributed by atoms with Crippen molar-refractivity contribution < 1.29 is 9.47 Å². The van der Waals surface area contributed by atoms with Crippen LogP contribution in [0.25, 0.3) is 0 Å². The summed E-state index contributed by atoms with van der Waals surface area (Å²) in [7, 11) is 3.32. The molecule has 1 heterocycles. The Morgan fingerprint density at radius 2 is 1.78 bits per heavy atom. The van der Waals surface area contributed by atoms with Crippen LogP contribution < -0.4 is 14.4 Å². The topological polar surface area (TPSA) is 21.7 Å². The summed E-state index contributed by atoms with van der Waals surface area (Å²) in [6.45, 7) is 0.941. The summed E-state index contributed by atoms with van der Waals surface area (Å²) in [5.41, 5.74) is 3.32. The van der Waals surface area contributed by atoms with Crippen molar-refractivity contribution in [2.45, 2.75) is 19.3 Å². The van der Waals surface area contributed by atoms with Crippen LogP contribution in [-0.2, 0) is 6.42 Å². The lowest BCUT2D eigenvalue weighted by atomic mass is 10.1. The molecule has 0 N–H and O–H groups in total. The van der Waals surface area contributed by atoms with Crippen LogP contribution in [0.1, 0.15) is 18.4 Å². The number of fused-ring (bicyclic) bond motifs is 1. The van der Waals surface area contributed by atoms with Crippen LogP contribution in [0.5, 0.6) is 11.5 Å². The lowest BCUT2D eigenvalue weighted by Crippen LogP contribution is -2.19. The zero-order chi connectivity index (χ0) is 15.5. The first-order valence-electron chi connectivity index (χ1n) is 7.52. The Morgan fingerprint density at radius 3 is 2.43 bits per heavy atom. The molecule has 0 amide bonds. The van der Waals surface area contributed by atoms with Crippen molar-refractivity contribution in [3.8, 4) is 11.5 Å². The fourth-order valence-electron chi connectivity index (χ4n) is 3.06. The van der Waals surface area contributed by atoms with Crippen LogP contribution in [0.4, 0.5) is 11.4 Å². The van der Waals surface area contributed by atoms with Crippen LogP contribution in [-0.4, -0.2) is 20.8 Å². The maximum Gasteiger partial charge on any atom is 0.184 e. The molecule has 3 rings (SSSR count). The fourth-order valence-corrected chi connectivity index (χ4v) is 3.34. The minimum Gasteiger partial charge on any atom is -0.493 e. The molecule has 23 heavy (non-hydrogen) atoms. The highest BCUT2D eigenvalue weighted by Crippen LogP contribution is 2.48. The molecule has 0 saturated carbocycles. The standard InChI is InChI=1S/C18H20ClNO2.ClH/c1-21-16-12-15(19)14-10-6-7-11-20(17(14)18(16)22-2)13-8-4-3-5-9-13;/h3-5,8-9,12H,6-7,10-11H2,1-2H3;1H. The largest absolute Gasteiger partial charge is 0.493 e. The van der Waals surface area contributed by atoms with Crippen LogP contribution in [0.15, 0.2) is 36.4 Å². The fraction of sp³-hybridized carbons (Fsp3) is 0.333. The second-order valence-electron chi connectivity index (χ2n) is 5.37. The number of halogens is 2. The second kappa shape index (κ2) is 7.80. The number of methoxy groups -OCH3 is 2. The Hall–Kier alpha value is -1.58. The first-order valence-corrected chi connectivity index (χ1v) is 7.90. The van der Waals surface area contributed by atoms with Gasteiger partial charge in [0.1, 0.15) is 0 Å². The van der Waals surface area contributed by atoms with Crippen molar-refractivity contribution in [2.24, 2.45) is 0 Å². The molecule has 0 unspecified atom stereocenters. The lowest BCUT2D eigenvalue weighted by Gasteiger charge is -2.28. The molecule has 0 saturated heterocycles. The number of benzene rings is 2. The van der Waals surface area contributed by atoms with Gasteiger partial charge in [0, 0.05) is 23.3 Å². The Balaban J connectivity index is 0.00000192. The van der Waals surface area contributed by atoms with E-state index in [-0.39, 0.29) is 12.4 Å². The molecule has 0 aromatic heterocycles. The van der Waals surface area contributed by atoms with E-state index in [4.69, 9.17) is 21.1 Å². The number of nitrogens with zero attached hydrogens (tertiary/aromatic N) is 1. The molecular formula is C18H21Cl2NO2. The summed E-state index contributed by atoms with van der Waals surface area (Å²) in [4.78, 5) is 2.29. The highest BCUT2D eigenvalue weighted by Gasteiger charge is 2.26. The number of anilines is 2. The van der Waals surface area contributed by atoms with Gasteiger partial charge in [0.15, 0.2) is 11.5 Å². The van der Waals surface area contributed by atoms with Gasteiger partial charge in [-0.3, -0.25) is 0 Å². The number of para-hydroxylation sites is 1. The Kier molecular flexibility index (Phi) is 6.03. The Bertz CT molecular complexity index is 662. The molecule has 0 fully saturated rings. The van der Waals surface area contributed by atoms with Crippen molar-refractivity contribution in [1.82, 2.24) is 0 Å². The highest BCUT2D eigenvalue weighted by molar-refractivity contribution is 6.32. The van der Waals surface area contributed by atoms with Gasteiger partial charge in [0.2, 0.25) is 0 Å². The number of hydrogen-bond acceptors (Lipinski definition) is 3. The molecular weight excluding hydrogens is 333 g/mol. The molecule has 1 aliphatic heterocycles. The van der Waals surface area contributed by atoms with Gasteiger partial charge in [-0.1, -0.05) is 29.8 Å². The zero-order valence-corrected chi connectivity index (χ0v) is 14.9. The predicted molar refractivity (Wildman–Crippen MR) is 98.2 cm³/mol. The second-order valence-corrected chi connectivity index (χ2v) is 5.77. The van der Waals surface area contributed by atoms with Crippen molar-refractivity contribution >= 4 is 35.4 Å². The van der Waals surface area contributed by atoms with Gasteiger partial charge in [-0.05, 0) is 37.0 Å². The highest BCUT2D eigenvalue weighted by atomic mass is 35.5. The molecule has 2 aromatic rings. The van der Waals surface area contributed by atoms with Gasteiger partial charge in [-0.25, -0.2) is 0 Å². The van der Waals surface area contributed by atoms with Crippen molar-refractivity contribution in [3.63, 3.8) is 0 Å². The molecule has 0 radical (unpaired) electrons. The van der Waals surface area contributed by atoms with Crippen LogP contribution >= 0.6 is 24.0 Å². The summed E-state index contributed by atoms with van der Waals surface area (Å²) in [5.74, 6) is 1.43. The normalized spacial score (nSPS) is 13.6. The van der Waals surface area contributed by atoms with Crippen molar-refractivity contribution in [1.29, 1.82) is 0 Å². The third kappa shape index (κ3) is 3.36. The Morgan fingerprint density at radius 1 is 1.04 bits per heavy atom. The molecule has 0 bridgehead atoms. The van der Waals surface area contributed by atoms with Gasteiger partial charge < -0.3 is 14.4 Å². The smallest absolute Gasteiger partial charge is 0.184 e. The summed E-state index contributed by atoms with van der Waals surface area (Å²) in [6, 6.07) is 12.2. The van der Waals surface area contributed by atoms with Gasteiger partial charge in [-0.15, -0.1) is 12.4 Å². The third-order valence-corrected chi connectivity index (χ3v) is 4.43. The number of hydrogen-bond donors (Lipinski definition) is 0. The maximum atomic E-state index is 6.52. The SMILES string of the molecule is COc1cc(Cl)c2c(c1OC)N(c1ccccc1)CCCC2.Cl. The van der Waals surface area contributed by atoms with E-state index in [9.17, 15) is 0 Å². The summed E-state index contributed by atoms with van der Waals surface area (Å²) < 4.78 is 11.1. The van der Waals surface area contributed by atoms with E-state index in [0.717, 1.165) is 53.5 Å². The molecule has 3 nitrogen and oxygen atoms in total. The van der Waals surface area contributed by atoms with E-state index in [2.05, 4.69) is 17.0 Å². The van der Waals surface area contributed by atoms with E-state index >= 15 is 0 Å². The lowest BCUT2D eigenvalue weighted by molar-refractivity contribution is 0.355. The quantitative estimate of drug-likeness (QED) is 0.751. The minimum atomic E-state index is 0. The van der Waals surface area contributed by atoms with Crippen LogP contribution in [0.2, 0.25) is 5.02 Å². The monoisotopic (exact) mass is 353 g/mol. The average Bonchev–Trinajstić information content (AvgIpc) is 2.79. The van der Waals surface area contributed by atoms with Crippen molar-refractivity contribution in [3.05, 3.63) is 47.0 Å². The summed E-state index contributed by atoms with van der Waals surface area (Å²) in [6.07, 6.45) is 3.19. The van der Waals surface area contributed by atoms with E-state index in [1.807, 2.05) is 24.3 Å². The molecule has 0 spiro atoms. The first-order chi connectivity index (χ1) is 10.8. The zero-order valence-electron chi connectivity index (χ0n) is 13.3. The van der Waals surface area contributed by atoms with Gasteiger partial charge in [0.05, 0.1) is 19.9 Å². The van der Waals surface area contributed by atoms with Gasteiger partial charge >= 0.3 is 0 Å². The third-order valence-electron chi connectivity index (χ3n) is 4.09. The first kappa shape index (κ1) is 17.8. The number of ether oxygens (including phenoxy) is 2. The van der Waals surface area contributed by atoms with E-state index in [1.54, 1.807) is 14.2 Å². The average molecular weight is 354 g/mol. The minimum absolute atomic E-state index is 0. The molecule has 5 heteroatoms. The van der Waals surface area contributed by atoms with E-state index < -0.39 is 0 Å². The molecule has 124 valence electrons. The molecule has 0 atom stereocenters. The summed E-state index contributed by atoms with van der Waals surface area (Å²) >= 11 is 6.52. The van der Waals surface area contributed by atoms with Crippen LogP contribution in [0.3, 0.4) is 0 Å². The molecule has 2 aromatic carbocycles. The van der Waals surface area contributed by atoms with Gasteiger partial charge in [0.25, 0.3) is 0 Å². The summed E-state index contributed by atoms with van der Waals surface area (Å²) in [5, 5.41) is 0.746. The van der Waals surface area contributed by atoms with Crippen LogP contribution in [0, 0.1) is 0 Å². The van der Waals surface area contributed by atoms with E-state index in [0.29, 0.717) is 5.75 Å². The van der Waals surface area contributed by atoms with Gasteiger partial charge in [-0.2, -0.15) is 0 Å². The van der Waals surface area contributed by atoms with E-state index in [1.165, 1.54) is 0 Å².